The van der Waals surface area contributed by atoms with Gasteiger partial charge in [0.15, 0.2) is 0 Å². The molecule has 0 saturated carbocycles. The molecule has 2 rings (SSSR count). The van der Waals surface area contributed by atoms with Gasteiger partial charge in [0.2, 0.25) is 5.76 Å². The van der Waals surface area contributed by atoms with Crippen molar-refractivity contribution >= 4 is 23.7 Å². The molecule has 0 bridgehead atoms. The van der Waals surface area contributed by atoms with E-state index in [4.69, 9.17) is 14.6 Å². The molecule has 1 aromatic heterocycles. The van der Waals surface area contributed by atoms with Crippen LogP contribution in [0, 0.1) is 0 Å². The van der Waals surface area contributed by atoms with E-state index in [2.05, 4.69) is 0 Å². The van der Waals surface area contributed by atoms with Crippen LogP contribution in [0.15, 0.2) is 45.7 Å². The van der Waals surface area contributed by atoms with Gasteiger partial charge < -0.3 is 14.6 Å². The van der Waals surface area contributed by atoms with E-state index in [0.717, 1.165) is 0 Å². The summed E-state index contributed by atoms with van der Waals surface area (Å²) in [7, 11) is 0. The van der Waals surface area contributed by atoms with Crippen molar-refractivity contribution in [1.29, 1.82) is 0 Å². The van der Waals surface area contributed by atoms with Crippen LogP contribution in [0.25, 0.3) is 0 Å². The van der Waals surface area contributed by atoms with Gasteiger partial charge in [-0.15, -0.1) is 11.8 Å². The van der Waals surface area contributed by atoms with E-state index in [1.807, 2.05) is 0 Å². The molecule has 0 unspecified atom stereocenters. The summed E-state index contributed by atoms with van der Waals surface area (Å²) in [6.45, 7) is 0. The van der Waals surface area contributed by atoms with Gasteiger partial charge in [0.1, 0.15) is 5.76 Å². The molecule has 1 heterocycles. The van der Waals surface area contributed by atoms with Crippen LogP contribution in [-0.2, 0) is 5.75 Å². The number of furan rings is 1. The SMILES string of the molecule is O=C(O)c1ccc(CSc2ccccc2C(=O)O)o1. The molecule has 1 aromatic carbocycles. The number of rotatable bonds is 5. The molecule has 98 valence electrons. The number of aromatic carboxylic acids is 2. The summed E-state index contributed by atoms with van der Waals surface area (Å²) in [5, 5.41) is 17.7. The maximum Gasteiger partial charge on any atom is 0.371 e. The van der Waals surface area contributed by atoms with Crippen LogP contribution in [0.5, 0.6) is 0 Å². The Morgan fingerprint density at radius 3 is 2.42 bits per heavy atom. The van der Waals surface area contributed by atoms with Crippen LogP contribution >= 0.6 is 11.8 Å². The minimum Gasteiger partial charge on any atom is -0.478 e. The molecular weight excluding hydrogens is 268 g/mol. The molecule has 0 saturated heterocycles. The predicted octanol–water partition coefficient (Wildman–Crippen LogP) is 2.97. The molecule has 0 aliphatic heterocycles. The highest BCUT2D eigenvalue weighted by atomic mass is 32.2. The standard InChI is InChI=1S/C13H10O5S/c14-12(15)9-3-1-2-4-11(9)19-7-8-5-6-10(18-8)13(16)17/h1-6H,7H2,(H,14,15)(H,16,17). The fourth-order valence-electron chi connectivity index (χ4n) is 1.49. The zero-order valence-corrected chi connectivity index (χ0v) is 10.5. The minimum atomic E-state index is -1.12. The van der Waals surface area contributed by atoms with Gasteiger partial charge >= 0.3 is 11.9 Å². The molecule has 5 nitrogen and oxygen atoms in total. The lowest BCUT2D eigenvalue weighted by molar-refractivity contribution is 0.0658. The Balaban J connectivity index is 2.10. The minimum absolute atomic E-state index is 0.123. The lowest BCUT2D eigenvalue weighted by Gasteiger charge is -2.03. The fraction of sp³-hybridized carbons (Fsp3) is 0.0769. The molecule has 2 aromatic rings. The number of carboxylic acids is 2. The topological polar surface area (TPSA) is 87.7 Å². The van der Waals surface area contributed by atoms with Gasteiger partial charge in [-0.25, -0.2) is 9.59 Å². The van der Waals surface area contributed by atoms with Crippen LogP contribution < -0.4 is 0 Å². The van der Waals surface area contributed by atoms with Crippen molar-refractivity contribution in [2.75, 3.05) is 0 Å². The molecule has 6 heteroatoms. The van der Waals surface area contributed by atoms with Crippen molar-refractivity contribution in [3.63, 3.8) is 0 Å². The quantitative estimate of drug-likeness (QED) is 0.817. The summed E-state index contributed by atoms with van der Waals surface area (Å²) < 4.78 is 5.10. The smallest absolute Gasteiger partial charge is 0.371 e. The molecule has 0 fully saturated rings. The molecular formula is C13H10O5S. The molecule has 19 heavy (non-hydrogen) atoms. The predicted molar refractivity (Wildman–Crippen MR) is 68.6 cm³/mol. The van der Waals surface area contributed by atoms with Crippen LogP contribution in [0.3, 0.4) is 0 Å². The van der Waals surface area contributed by atoms with Crippen LogP contribution in [0.1, 0.15) is 26.7 Å². The highest BCUT2D eigenvalue weighted by Gasteiger charge is 2.12. The number of thioether (sulfide) groups is 1. The van der Waals surface area contributed by atoms with Crippen molar-refractivity contribution in [3.05, 3.63) is 53.5 Å². The molecule has 0 aliphatic rings. The Morgan fingerprint density at radius 2 is 1.79 bits per heavy atom. The van der Waals surface area contributed by atoms with E-state index in [-0.39, 0.29) is 11.3 Å². The number of benzene rings is 1. The first-order valence-corrected chi connectivity index (χ1v) is 6.33. The maximum absolute atomic E-state index is 11.0. The Hall–Kier alpha value is -2.21. The van der Waals surface area contributed by atoms with Crippen LogP contribution in [0.2, 0.25) is 0 Å². The number of carbonyl (C=O) groups is 2. The Bertz CT molecular complexity index is 617. The van der Waals surface area contributed by atoms with Crippen molar-refractivity contribution in [2.45, 2.75) is 10.6 Å². The highest BCUT2D eigenvalue weighted by Crippen LogP contribution is 2.27. The normalized spacial score (nSPS) is 10.3. The number of hydrogen-bond acceptors (Lipinski definition) is 4. The average molecular weight is 278 g/mol. The monoisotopic (exact) mass is 278 g/mol. The molecule has 0 amide bonds. The Labute approximate surface area is 112 Å². The summed E-state index contributed by atoms with van der Waals surface area (Å²) >= 11 is 1.29. The van der Waals surface area contributed by atoms with E-state index in [0.29, 0.717) is 16.4 Å². The number of hydrogen-bond donors (Lipinski definition) is 2. The van der Waals surface area contributed by atoms with Gasteiger partial charge in [0.25, 0.3) is 0 Å². The first-order chi connectivity index (χ1) is 9.08. The van der Waals surface area contributed by atoms with Crippen molar-refractivity contribution in [3.8, 4) is 0 Å². The van der Waals surface area contributed by atoms with Gasteiger partial charge in [-0.2, -0.15) is 0 Å². The first-order valence-electron chi connectivity index (χ1n) is 5.35. The Kier molecular flexibility index (Phi) is 3.91. The summed E-state index contributed by atoms with van der Waals surface area (Å²) in [6.07, 6.45) is 0. The summed E-state index contributed by atoms with van der Waals surface area (Å²) in [6, 6.07) is 9.58. The van der Waals surface area contributed by atoms with Gasteiger partial charge in [-0.1, -0.05) is 12.1 Å². The maximum atomic E-state index is 11.0. The van der Waals surface area contributed by atoms with Gasteiger partial charge in [0.05, 0.1) is 11.3 Å². The second-order valence-corrected chi connectivity index (χ2v) is 4.68. The van der Waals surface area contributed by atoms with E-state index < -0.39 is 11.9 Å². The van der Waals surface area contributed by atoms with Crippen LogP contribution in [-0.4, -0.2) is 22.2 Å². The van der Waals surface area contributed by atoms with E-state index in [9.17, 15) is 9.59 Å². The summed E-state index contributed by atoms with van der Waals surface area (Å²) in [5.74, 6) is -1.38. The third kappa shape index (κ3) is 3.17. The molecule has 2 N–H and O–H groups in total. The van der Waals surface area contributed by atoms with Crippen molar-refractivity contribution in [2.24, 2.45) is 0 Å². The van der Waals surface area contributed by atoms with Crippen LogP contribution in [0.4, 0.5) is 0 Å². The average Bonchev–Trinajstić information content (AvgIpc) is 2.85. The van der Waals surface area contributed by atoms with Gasteiger partial charge in [-0.05, 0) is 24.3 Å². The van der Waals surface area contributed by atoms with E-state index in [1.54, 1.807) is 24.3 Å². The summed E-state index contributed by atoms with van der Waals surface area (Å²) in [4.78, 5) is 22.3. The fourth-order valence-corrected chi connectivity index (χ4v) is 2.43. The lowest BCUT2D eigenvalue weighted by Crippen LogP contribution is -1.98. The molecule has 0 radical (unpaired) electrons. The van der Waals surface area contributed by atoms with E-state index in [1.165, 1.54) is 23.9 Å². The van der Waals surface area contributed by atoms with E-state index >= 15 is 0 Å². The zero-order valence-electron chi connectivity index (χ0n) is 9.70. The Morgan fingerprint density at radius 1 is 1.05 bits per heavy atom. The zero-order chi connectivity index (χ0) is 13.8. The third-order valence-corrected chi connectivity index (χ3v) is 3.46. The molecule has 0 aliphatic carbocycles. The third-order valence-electron chi connectivity index (χ3n) is 2.36. The number of carboxylic acid groups (broad SMARTS) is 2. The summed E-state index contributed by atoms with van der Waals surface area (Å²) in [5.41, 5.74) is 0.220. The molecule has 0 spiro atoms. The second-order valence-electron chi connectivity index (χ2n) is 3.66. The van der Waals surface area contributed by atoms with Crippen molar-refractivity contribution < 1.29 is 24.2 Å². The lowest BCUT2D eigenvalue weighted by atomic mass is 10.2. The second kappa shape index (κ2) is 5.62. The first kappa shape index (κ1) is 13.2. The largest absolute Gasteiger partial charge is 0.478 e. The van der Waals surface area contributed by atoms with Gasteiger partial charge in [0, 0.05) is 4.90 Å². The molecule has 0 atom stereocenters. The van der Waals surface area contributed by atoms with Gasteiger partial charge in [-0.3, -0.25) is 0 Å². The van der Waals surface area contributed by atoms with Crippen molar-refractivity contribution in [1.82, 2.24) is 0 Å². The highest BCUT2D eigenvalue weighted by molar-refractivity contribution is 7.98.